The molecule has 0 spiro atoms. The minimum absolute atomic E-state index is 0.0489. The first kappa shape index (κ1) is 61.7. The van der Waals surface area contributed by atoms with Gasteiger partial charge in [-0.15, -0.1) is 0 Å². The van der Waals surface area contributed by atoms with Crippen LogP contribution in [-0.4, -0.2) is 89.2 Å². The predicted octanol–water partition coefficient (Wildman–Crippen LogP) is 12.7. The van der Waals surface area contributed by atoms with Crippen LogP contribution >= 0.6 is 0 Å². The number of allylic oxidation sites excluding steroid dienone is 8. The van der Waals surface area contributed by atoms with Crippen LogP contribution in [0.5, 0.6) is 0 Å². The highest BCUT2D eigenvalue weighted by Crippen LogP contribution is 2.26. The third-order valence-corrected chi connectivity index (χ3v) is 11.9. The average Bonchev–Trinajstić information content (AvgIpc) is 3.31. The molecule has 0 saturated carbocycles. The van der Waals surface area contributed by atoms with E-state index in [9.17, 15) is 34.5 Å². The summed E-state index contributed by atoms with van der Waals surface area (Å²) in [6, 6.07) is 0. The Kier molecular flexibility index (Phi) is 40.4. The highest BCUT2D eigenvalue weighted by Gasteiger charge is 2.50. The zero-order valence-electron chi connectivity index (χ0n) is 42.1. The van der Waals surface area contributed by atoms with Crippen molar-refractivity contribution >= 4 is 23.9 Å². The molecule has 0 bridgehead atoms. The van der Waals surface area contributed by atoms with Gasteiger partial charge in [0.25, 0.3) is 0 Å². The molecule has 67 heavy (non-hydrogen) atoms. The van der Waals surface area contributed by atoms with Crippen LogP contribution in [0.3, 0.4) is 0 Å². The molecule has 0 radical (unpaired) electrons. The summed E-state index contributed by atoms with van der Waals surface area (Å²) in [6.07, 6.45) is 38.2. The summed E-state index contributed by atoms with van der Waals surface area (Å²) in [4.78, 5) is 50.8. The lowest BCUT2D eigenvalue weighted by Crippen LogP contribution is -2.61. The van der Waals surface area contributed by atoms with E-state index < -0.39 is 67.3 Å². The molecule has 3 N–H and O–H groups in total. The minimum Gasteiger partial charge on any atom is -0.479 e. The highest BCUT2D eigenvalue weighted by molar-refractivity contribution is 5.74. The summed E-state index contributed by atoms with van der Waals surface area (Å²) >= 11 is 0. The van der Waals surface area contributed by atoms with E-state index in [1.165, 1.54) is 70.6 Å². The third-order valence-electron chi connectivity index (χ3n) is 11.9. The van der Waals surface area contributed by atoms with E-state index in [1.807, 2.05) is 0 Å². The van der Waals surface area contributed by atoms with Gasteiger partial charge in [0.15, 0.2) is 24.6 Å². The van der Waals surface area contributed by atoms with Crippen molar-refractivity contribution in [3.8, 4) is 0 Å². The van der Waals surface area contributed by atoms with Crippen molar-refractivity contribution in [2.45, 2.75) is 263 Å². The number of rotatable bonds is 44. The fourth-order valence-electron chi connectivity index (χ4n) is 7.79. The Labute approximate surface area is 405 Å². The molecule has 1 heterocycles. The maximum absolute atomic E-state index is 13.0. The predicted molar refractivity (Wildman–Crippen MR) is 266 cm³/mol. The molecule has 12 nitrogen and oxygen atoms in total. The lowest BCUT2D eigenvalue weighted by atomic mass is 9.98. The van der Waals surface area contributed by atoms with Gasteiger partial charge < -0.3 is 39.0 Å². The van der Waals surface area contributed by atoms with Crippen molar-refractivity contribution in [1.82, 2.24) is 0 Å². The van der Waals surface area contributed by atoms with E-state index in [4.69, 9.17) is 23.7 Å². The van der Waals surface area contributed by atoms with Crippen LogP contribution in [0.15, 0.2) is 48.6 Å². The zero-order chi connectivity index (χ0) is 49.0. The Bertz CT molecular complexity index is 1360. The number of carboxylic acid groups (broad SMARTS) is 1. The highest BCUT2D eigenvalue weighted by atomic mass is 16.7. The van der Waals surface area contributed by atoms with Gasteiger partial charge in [0.05, 0.1) is 6.61 Å². The molecule has 0 aliphatic carbocycles. The van der Waals surface area contributed by atoms with Crippen molar-refractivity contribution in [3.05, 3.63) is 48.6 Å². The number of aliphatic hydroxyl groups is 2. The van der Waals surface area contributed by atoms with Crippen LogP contribution in [0.1, 0.15) is 226 Å². The van der Waals surface area contributed by atoms with E-state index in [2.05, 4.69) is 69.4 Å². The second kappa shape index (κ2) is 43.9. The summed E-state index contributed by atoms with van der Waals surface area (Å²) < 4.78 is 28.2. The number of carbonyl (C=O) groups is 4. The van der Waals surface area contributed by atoms with E-state index >= 15 is 0 Å². The number of carbonyl (C=O) groups excluding carboxylic acids is 3. The van der Waals surface area contributed by atoms with Gasteiger partial charge in [0, 0.05) is 19.3 Å². The molecule has 0 aromatic heterocycles. The van der Waals surface area contributed by atoms with E-state index in [-0.39, 0.29) is 25.9 Å². The number of hydrogen-bond acceptors (Lipinski definition) is 11. The first-order chi connectivity index (χ1) is 32.6. The minimum atomic E-state index is -1.91. The van der Waals surface area contributed by atoms with Gasteiger partial charge in [-0.1, -0.05) is 179 Å². The standard InChI is InChI=1S/C55H94O12/c1-4-7-10-13-16-19-21-23-24-26-28-31-34-37-40-43-49(58)66-53-51(60)50(59)52(54(61)62)67-55(53)64-45-46(65-48(57)42-39-36-33-29-18-15-12-9-6-3)44-63-47(56)41-38-35-32-30-27-25-22-20-17-14-11-8-5-2/h8,11,17,20,23-25,27,46,50-53,55,59-60H,4-7,9-10,12-16,18-19,21-22,26,28-45H2,1-3H3,(H,61,62)/b11-8-,20-17-,24-23-,27-25-. The van der Waals surface area contributed by atoms with E-state index in [0.29, 0.717) is 19.3 Å². The second-order valence-corrected chi connectivity index (χ2v) is 18.1. The number of esters is 3. The van der Waals surface area contributed by atoms with Crippen LogP contribution < -0.4 is 0 Å². The number of ether oxygens (including phenoxy) is 5. The molecule has 12 heteroatoms. The Morgan fingerprint density at radius 3 is 1.46 bits per heavy atom. The molecular weight excluding hydrogens is 853 g/mol. The molecule has 1 rings (SSSR count). The van der Waals surface area contributed by atoms with E-state index in [1.54, 1.807) is 0 Å². The molecule has 0 aromatic carbocycles. The Hall–Kier alpha value is -3.32. The van der Waals surface area contributed by atoms with Crippen LogP contribution in [0.2, 0.25) is 0 Å². The topological polar surface area (TPSA) is 175 Å². The molecule has 1 aliphatic heterocycles. The van der Waals surface area contributed by atoms with Crippen molar-refractivity contribution in [2.24, 2.45) is 0 Å². The van der Waals surface area contributed by atoms with Crippen molar-refractivity contribution in [1.29, 1.82) is 0 Å². The van der Waals surface area contributed by atoms with Crippen LogP contribution in [-0.2, 0) is 42.9 Å². The van der Waals surface area contributed by atoms with Crippen molar-refractivity contribution in [2.75, 3.05) is 13.2 Å². The summed E-state index contributed by atoms with van der Waals surface area (Å²) in [6.45, 7) is 5.80. The maximum Gasteiger partial charge on any atom is 0.335 e. The van der Waals surface area contributed by atoms with Crippen LogP contribution in [0.4, 0.5) is 0 Å². The Morgan fingerprint density at radius 1 is 0.507 bits per heavy atom. The van der Waals surface area contributed by atoms with Crippen LogP contribution in [0, 0.1) is 0 Å². The molecule has 0 aromatic rings. The molecule has 1 aliphatic rings. The van der Waals surface area contributed by atoms with Gasteiger partial charge in [-0.05, 0) is 77.0 Å². The first-order valence-corrected chi connectivity index (χ1v) is 26.6. The fraction of sp³-hybridized carbons (Fsp3) is 0.782. The molecule has 1 fully saturated rings. The largest absolute Gasteiger partial charge is 0.479 e. The summed E-state index contributed by atoms with van der Waals surface area (Å²) in [5.74, 6) is -3.17. The SMILES string of the molecule is CC/C=C\C/C=C\C/C=C\CCCCCC(=O)OCC(COC1OC(C(=O)O)C(O)C(O)C1OC(=O)CCCCCCC/C=C\CCCCCCCC)OC(=O)CCCCCCCCCCC. The second-order valence-electron chi connectivity index (χ2n) is 18.1. The summed E-state index contributed by atoms with van der Waals surface area (Å²) in [5.41, 5.74) is 0. The van der Waals surface area contributed by atoms with Gasteiger partial charge in [-0.3, -0.25) is 14.4 Å². The number of carboxylic acids is 1. The van der Waals surface area contributed by atoms with Gasteiger partial charge >= 0.3 is 23.9 Å². The Morgan fingerprint density at radius 2 is 0.940 bits per heavy atom. The number of unbranched alkanes of at least 4 members (excludes halogenated alkanes) is 22. The first-order valence-electron chi connectivity index (χ1n) is 26.6. The lowest BCUT2D eigenvalue weighted by Gasteiger charge is -2.40. The van der Waals surface area contributed by atoms with Crippen molar-refractivity contribution in [3.63, 3.8) is 0 Å². The average molecular weight is 947 g/mol. The number of hydrogen-bond donors (Lipinski definition) is 3. The summed E-state index contributed by atoms with van der Waals surface area (Å²) in [5, 5.41) is 31.3. The van der Waals surface area contributed by atoms with Gasteiger partial charge in [0.2, 0.25) is 0 Å². The summed E-state index contributed by atoms with van der Waals surface area (Å²) in [7, 11) is 0. The quantitative estimate of drug-likeness (QED) is 0.0228. The van der Waals surface area contributed by atoms with Crippen LogP contribution in [0.25, 0.3) is 0 Å². The molecule has 0 amide bonds. The fourth-order valence-corrected chi connectivity index (χ4v) is 7.79. The maximum atomic E-state index is 13.0. The third kappa shape index (κ3) is 34.6. The smallest absolute Gasteiger partial charge is 0.335 e. The molecular formula is C55H94O12. The zero-order valence-corrected chi connectivity index (χ0v) is 42.1. The molecule has 1 saturated heterocycles. The molecule has 6 atom stereocenters. The van der Waals surface area contributed by atoms with Crippen molar-refractivity contribution < 1.29 is 58.2 Å². The van der Waals surface area contributed by atoms with Gasteiger partial charge in [-0.25, -0.2) is 4.79 Å². The molecule has 6 unspecified atom stereocenters. The lowest BCUT2D eigenvalue weighted by molar-refractivity contribution is -0.301. The van der Waals surface area contributed by atoms with Gasteiger partial charge in [0.1, 0.15) is 18.8 Å². The monoisotopic (exact) mass is 947 g/mol. The van der Waals surface area contributed by atoms with E-state index in [0.717, 1.165) is 96.3 Å². The number of aliphatic hydroxyl groups excluding tert-OH is 2. The number of aliphatic carboxylic acids is 1. The van der Waals surface area contributed by atoms with Gasteiger partial charge in [-0.2, -0.15) is 0 Å². The normalized spacial score (nSPS) is 19.2. The Balaban J connectivity index is 2.72. The molecule has 386 valence electrons.